The van der Waals surface area contributed by atoms with Gasteiger partial charge < -0.3 is 9.88 Å². The Kier molecular flexibility index (Phi) is 4.94. The number of para-hydroxylation sites is 2. The van der Waals surface area contributed by atoms with Crippen molar-refractivity contribution in [1.29, 1.82) is 0 Å². The molecule has 0 spiro atoms. The van der Waals surface area contributed by atoms with E-state index in [1.807, 2.05) is 53.4 Å². The summed E-state index contributed by atoms with van der Waals surface area (Å²) in [7, 11) is 0. The van der Waals surface area contributed by atoms with Gasteiger partial charge in [-0.3, -0.25) is 9.69 Å². The predicted octanol–water partition coefficient (Wildman–Crippen LogP) is 3.79. The zero-order chi connectivity index (χ0) is 18.8. The number of aromatic nitrogens is 2. The average Bonchev–Trinajstić information content (AvgIpc) is 3.36. The van der Waals surface area contributed by atoms with E-state index >= 15 is 0 Å². The number of rotatable bonds is 5. The lowest BCUT2D eigenvalue weighted by Crippen LogP contribution is -2.38. The van der Waals surface area contributed by atoms with Crippen LogP contribution >= 0.6 is 0 Å². The number of carbonyl (C=O) groups excluding carboxylic acids is 1. The van der Waals surface area contributed by atoms with Gasteiger partial charge in [0.05, 0.1) is 11.0 Å². The molecule has 1 amide bonds. The van der Waals surface area contributed by atoms with Crippen LogP contribution in [-0.4, -0.2) is 57.9 Å². The highest BCUT2D eigenvalue weighted by molar-refractivity contribution is 5.95. The lowest BCUT2D eigenvalue weighted by atomic mass is 10.1. The van der Waals surface area contributed by atoms with E-state index in [4.69, 9.17) is 0 Å². The number of fused-ring (bicyclic) bond motifs is 1. The van der Waals surface area contributed by atoms with Crippen molar-refractivity contribution in [2.75, 3.05) is 26.2 Å². The van der Waals surface area contributed by atoms with E-state index in [0.717, 1.165) is 60.6 Å². The molecule has 5 heteroatoms. The maximum Gasteiger partial charge on any atom is 0.253 e. The quantitative estimate of drug-likeness (QED) is 0.751. The number of hydrogen-bond donors (Lipinski definition) is 1. The number of H-pyrrole nitrogens is 1. The number of aromatic amines is 1. The van der Waals surface area contributed by atoms with Gasteiger partial charge in [0.1, 0.15) is 5.82 Å². The van der Waals surface area contributed by atoms with Gasteiger partial charge >= 0.3 is 0 Å². The highest BCUT2D eigenvalue weighted by Crippen LogP contribution is 2.22. The monoisotopic (exact) mass is 362 g/mol. The third kappa shape index (κ3) is 3.47. The average molecular weight is 362 g/mol. The first kappa shape index (κ1) is 17.7. The van der Waals surface area contributed by atoms with E-state index in [-0.39, 0.29) is 5.91 Å². The molecule has 0 radical (unpaired) electrons. The molecule has 1 fully saturated rings. The van der Waals surface area contributed by atoms with Crippen molar-refractivity contribution in [3.8, 4) is 11.4 Å². The van der Waals surface area contributed by atoms with E-state index in [1.54, 1.807) is 0 Å². The number of nitrogens with one attached hydrogen (secondary N) is 1. The molecular formula is C22H26N4O. The molecule has 1 aromatic heterocycles. The van der Waals surface area contributed by atoms with Crippen molar-refractivity contribution in [2.45, 2.75) is 26.3 Å². The second-order valence-corrected chi connectivity index (χ2v) is 7.09. The van der Waals surface area contributed by atoms with E-state index in [0.29, 0.717) is 6.04 Å². The maximum absolute atomic E-state index is 12.9. The standard InChI is InChI=1S/C22H26N4O/c1-3-25(4-2)18-13-14-26(15-18)22(27)17-11-9-16(10-12-17)21-23-19-7-5-6-8-20(19)24-21/h5-12,18H,3-4,13-15H2,1-2H3,(H,23,24)/t18-/m1/s1. The fourth-order valence-electron chi connectivity index (χ4n) is 4.01. The summed E-state index contributed by atoms with van der Waals surface area (Å²) < 4.78 is 0. The second-order valence-electron chi connectivity index (χ2n) is 7.09. The van der Waals surface area contributed by atoms with Crippen molar-refractivity contribution >= 4 is 16.9 Å². The van der Waals surface area contributed by atoms with E-state index in [9.17, 15) is 4.79 Å². The number of amides is 1. The number of hydrogen-bond acceptors (Lipinski definition) is 3. The van der Waals surface area contributed by atoms with E-state index in [1.165, 1.54) is 0 Å². The molecule has 0 aliphatic carbocycles. The Morgan fingerprint density at radius 2 is 1.89 bits per heavy atom. The topological polar surface area (TPSA) is 52.2 Å². The number of benzene rings is 2. The van der Waals surface area contributed by atoms with Gasteiger partial charge in [-0.15, -0.1) is 0 Å². The summed E-state index contributed by atoms with van der Waals surface area (Å²) in [5.74, 6) is 0.957. The summed E-state index contributed by atoms with van der Waals surface area (Å²) in [4.78, 5) is 25.3. The number of likely N-dealkylation sites (tertiary alicyclic amines) is 1. The first-order valence-electron chi connectivity index (χ1n) is 9.78. The molecule has 1 aliphatic rings. The minimum atomic E-state index is 0.126. The normalized spacial score (nSPS) is 17.1. The number of likely N-dealkylation sites (N-methyl/N-ethyl adjacent to an activating group) is 1. The van der Waals surface area contributed by atoms with Crippen molar-refractivity contribution in [2.24, 2.45) is 0 Å². The SMILES string of the molecule is CCN(CC)[C@@H]1CCN(C(=O)c2ccc(-c3nc4ccccc4[nH]3)cc2)C1. The molecule has 1 saturated heterocycles. The molecule has 1 atom stereocenters. The van der Waals surface area contributed by atoms with Crippen LogP contribution < -0.4 is 0 Å². The van der Waals surface area contributed by atoms with E-state index in [2.05, 4.69) is 28.7 Å². The van der Waals surface area contributed by atoms with Gasteiger partial charge in [0.25, 0.3) is 5.91 Å². The van der Waals surface area contributed by atoms with Crippen LogP contribution in [0.2, 0.25) is 0 Å². The van der Waals surface area contributed by atoms with Gasteiger partial charge in [-0.05, 0) is 43.8 Å². The molecule has 0 bridgehead atoms. The molecular weight excluding hydrogens is 336 g/mol. The van der Waals surface area contributed by atoms with Gasteiger partial charge in [0.15, 0.2) is 0 Å². The van der Waals surface area contributed by atoms with Crippen molar-refractivity contribution in [3.05, 3.63) is 54.1 Å². The minimum absolute atomic E-state index is 0.126. The van der Waals surface area contributed by atoms with Crippen molar-refractivity contribution < 1.29 is 4.79 Å². The van der Waals surface area contributed by atoms with Crippen LogP contribution in [0.15, 0.2) is 48.5 Å². The van der Waals surface area contributed by atoms with Crippen LogP contribution in [0, 0.1) is 0 Å². The fourth-order valence-corrected chi connectivity index (χ4v) is 4.01. The van der Waals surface area contributed by atoms with Crippen LogP contribution in [-0.2, 0) is 0 Å². The molecule has 140 valence electrons. The number of nitrogens with zero attached hydrogens (tertiary/aromatic N) is 3. The highest BCUT2D eigenvalue weighted by atomic mass is 16.2. The molecule has 3 aromatic rings. The Balaban J connectivity index is 1.48. The van der Waals surface area contributed by atoms with Crippen LogP contribution in [0.4, 0.5) is 0 Å². The first-order valence-corrected chi connectivity index (χ1v) is 9.78. The van der Waals surface area contributed by atoms with Gasteiger partial charge in [-0.1, -0.05) is 38.1 Å². The molecule has 1 aliphatic heterocycles. The Morgan fingerprint density at radius 1 is 1.15 bits per heavy atom. The molecule has 0 unspecified atom stereocenters. The van der Waals surface area contributed by atoms with E-state index < -0.39 is 0 Å². The maximum atomic E-state index is 12.9. The van der Waals surface area contributed by atoms with Crippen LogP contribution in [0.1, 0.15) is 30.6 Å². The Hall–Kier alpha value is -2.66. The lowest BCUT2D eigenvalue weighted by molar-refractivity contribution is 0.0778. The zero-order valence-electron chi connectivity index (χ0n) is 16.0. The highest BCUT2D eigenvalue weighted by Gasteiger charge is 2.29. The third-order valence-corrected chi connectivity index (χ3v) is 5.57. The fraction of sp³-hybridized carbons (Fsp3) is 0.364. The predicted molar refractivity (Wildman–Crippen MR) is 109 cm³/mol. The van der Waals surface area contributed by atoms with Gasteiger partial charge in [-0.2, -0.15) is 0 Å². The number of carbonyl (C=O) groups is 1. The largest absolute Gasteiger partial charge is 0.338 e. The Bertz CT molecular complexity index is 894. The molecule has 4 rings (SSSR count). The summed E-state index contributed by atoms with van der Waals surface area (Å²) in [5, 5.41) is 0. The van der Waals surface area contributed by atoms with Crippen molar-refractivity contribution in [1.82, 2.24) is 19.8 Å². The zero-order valence-corrected chi connectivity index (χ0v) is 16.0. The van der Waals surface area contributed by atoms with Crippen LogP contribution in [0.25, 0.3) is 22.4 Å². The summed E-state index contributed by atoms with van der Waals surface area (Å²) in [6.07, 6.45) is 1.06. The van der Waals surface area contributed by atoms with Crippen LogP contribution in [0.5, 0.6) is 0 Å². The smallest absolute Gasteiger partial charge is 0.253 e. The Labute approximate surface area is 160 Å². The first-order chi connectivity index (χ1) is 13.2. The molecule has 2 aromatic carbocycles. The third-order valence-electron chi connectivity index (χ3n) is 5.57. The van der Waals surface area contributed by atoms with Crippen LogP contribution in [0.3, 0.4) is 0 Å². The second kappa shape index (κ2) is 7.53. The van der Waals surface area contributed by atoms with Gasteiger partial charge in [0.2, 0.25) is 0 Å². The summed E-state index contributed by atoms with van der Waals surface area (Å²) in [6.45, 7) is 8.11. The van der Waals surface area contributed by atoms with Gasteiger partial charge in [0, 0.05) is 30.3 Å². The van der Waals surface area contributed by atoms with Gasteiger partial charge in [-0.25, -0.2) is 4.98 Å². The molecule has 1 N–H and O–H groups in total. The summed E-state index contributed by atoms with van der Waals surface area (Å²) >= 11 is 0. The number of imidazole rings is 1. The molecule has 27 heavy (non-hydrogen) atoms. The molecule has 5 nitrogen and oxygen atoms in total. The Morgan fingerprint density at radius 3 is 2.59 bits per heavy atom. The summed E-state index contributed by atoms with van der Waals surface area (Å²) in [6, 6.07) is 16.2. The summed E-state index contributed by atoms with van der Waals surface area (Å²) in [5.41, 5.74) is 3.71. The van der Waals surface area contributed by atoms with Crippen molar-refractivity contribution in [3.63, 3.8) is 0 Å². The molecule has 0 saturated carbocycles. The minimum Gasteiger partial charge on any atom is -0.338 e. The molecule has 2 heterocycles. The lowest BCUT2D eigenvalue weighted by Gasteiger charge is -2.26.